The standard InChI is InChI=1S/C18H31N3O2/c1-2-9-19-17(22)16(14-5-3-4-6-14)20-10-12-21(13-11-20)18(23)15-7-8-15/h14-16H,2-13H2,1H3,(H,19,22). The average molecular weight is 321 g/mol. The van der Waals surface area contributed by atoms with E-state index in [0.717, 1.165) is 52.0 Å². The fourth-order valence-electron chi connectivity index (χ4n) is 4.11. The third-order valence-electron chi connectivity index (χ3n) is 5.61. The molecule has 0 bridgehead atoms. The maximum Gasteiger partial charge on any atom is 0.237 e. The van der Waals surface area contributed by atoms with E-state index in [9.17, 15) is 9.59 Å². The lowest BCUT2D eigenvalue weighted by Gasteiger charge is -2.40. The van der Waals surface area contributed by atoms with Gasteiger partial charge in [-0.2, -0.15) is 0 Å². The maximum absolute atomic E-state index is 12.7. The van der Waals surface area contributed by atoms with Gasteiger partial charge in [-0.05, 0) is 38.0 Å². The van der Waals surface area contributed by atoms with Gasteiger partial charge in [0.05, 0.1) is 6.04 Å². The third-order valence-corrected chi connectivity index (χ3v) is 5.61. The van der Waals surface area contributed by atoms with Crippen molar-refractivity contribution in [1.29, 1.82) is 0 Å². The molecule has 1 heterocycles. The number of carbonyl (C=O) groups is 2. The second kappa shape index (κ2) is 7.65. The minimum absolute atomic E-state index is 0.0160. The Morgan fingerprint density at radius 3 is 2.26 bits per heavy atom. The lowest BCUT2D eigenvalue weighted by molar-refractivity contribution is -0.136. The highest BCUT2D eigenvalue weighted by atomic mass is 16.2. The van der Waals surface area contributed by atoms with Gasteiger partial charge in [-0.1, -0.05) is 19.8 Å². The zero-order valence-corrected chi connectivity index (χ0v) is 14.4. The summed E-state index contributed by atoms with van der Waals surface area (Å²) in [7, 11) is 0. The molecular weight excluding hydrogens is 290 g/mol. The summed E-state index contributed by atoms with van der Waals surface area (Å²) in [5.41, 5.74) is 0. The average Bonchev–Trinajstić information content (AvgIpc) is 3.30. The van der Waals surface area contributed by atoms with Crippen molar-refractivity contribution in [1.82, 2.24) is 15.1 Å². The van der Waals surface area contributed by atoms with E-state index in [4.69, 9.17) is 0 Å². The highest BCUT2D eigenvalue weighted by Gasteiger charge is 2.39. The zero-order valence-electron chi connectivity index (χ0n) is 14.4. The van der Waals surface area contributed by atoms with Crippen LogP contribution in [0.1, 0.15) is 51.9 Å². The van der Waals surface area contributed by atoms with E-state index in [2.05, 4.69) is 17.1 Å². The van der Waals surface area contributed by atoms with Crippen LogP contribution < -0.4 is 5.32 Å². The number of rotatable bonds is 6. The van der Waals surface area contributed by atoms with Crippen molar-refractivity contribution in [2.75, 3.05) is 32.7 Å². The molecule has 5 nitrogen and oxygen atoms in total. The molecule has 0 aromatic rings. The van der Waals surface area contributed by atoms with E-state index in [1.165, 1.54) is 25.7 Å². The van der Waals surface area contributed by atoms with E-state index in [1.54, 1.807) is 0 Å². The highest BCUT2D eigenvalue weighted by molar-refractivity contribution is 5.82. The Hall–Kier alpha value is -1.10. The molecular formula is C18H31N3O2. The van der Waals surface area contributed by atoms with Crippen molar-refractivity contribution in [2.45, 2.75) is 57.9 Å². The van der Waals surface area contributed by atoms with Gasteiger partial charge < -0.3 is 10.2 Å². The first kappa shape index (κ1) is 16.7. The fraction of sp³-hybridized carbons (Fsp3) is 0.889. The molecule has 1 atom stereocenters. The Kier molecular flexibility index (Phi) is 5.57. The quantitative estimate of drug-likeness (QED) is 0.809. The second-order valence-corrected chi connectivity index (χ2v) is 7.42. The molecule has 3 aliphatic rings. The number of nitrogens with zero attached hydrogens (tertiary/aromatic N) is 2. The molecule has 2 aliphatic carbocycles. The second-order valence-electron chi connectivity index (χ2n) is 7.42. The van der Waals surface area contributed by atoms with E-state index >= 15 is 0 Å². The van der Waals surface area contributed by atoms with Crippen molar-refractivity contribution >= 4 is 11.8 Å². The molecule has 3 rings (SSSR count). The van der Waals surface area contributed by atoms with E-state index in [1.807, 2.05) is 4.90 Å². The molecule has 2 saturated carbocycles. The molecule has 0 aromatic heterocycles. The number of hydrogen-bond acceptors (Lipinski definition) is 3. The Labute approximate surface area is 139 Å². The Morgan fingerprint density at radius 2 is 1.70 bits per heavy atom. The topological polar surface area (TPSA) is 52.7 Å². The van der Waals surface area contributed by atoms with Gasteiger partial charge in [0, 0.05) is 38.6 Å². The van der Waals surface area contributed by atoms with Gasteiger partial charge in [-0.15, -0.1) is 0 Å². The smallest absolute Gasteiger partial charge is 0.237 e. The Morgan fingerprint density at radius 1 is 1.04 bits per heavy atom. The molecule has 2 amide bonds. The number of hydrogen-bond donors (Lipinski definition) is 1. The summed E-state index contributed by atoms with van der Waals surface area (Å²) in [5.74, 6) is 1.36. The normalized spacial score (nSPS) is 24.7. The molecule has 5 heteroatoms. The van der Waals surface area contributed by atoms with Crippen LogP contribution in [0.3, 0.4) is 0 Å². The first-order valence-electron chi connectivity index (χ1n) is 9.51. The summed E-state index contributed by atoms with van der Waals surface area (Å²) < 4.78 is 0. The van der Waals surface area contributed by atoms with Gasteiger partial charge in [0.15, 0.2) is 0 Å². The molecule has 130 valence electrons. The molecule has 1 aliphatic heterocycles. The summed E-state index contributed by atoms with van der Waals surface area (Å²) in [6.07, 6.45) is 7.97. The maximum atomic E-state index is 12.7. The molecule has 1 unspecified atom stereocenters. The van der Waals surface area contributed by atoms with Gasteiger partial charge in [-0.25, -0.2) is 0 Å². The van der Waals surface area contributed by atoms with Crippen molar-refractivity contribution in [3.8, 4) is 0 Å². The van der Waals surface area contributed by atoms with Crippen LogP contribution in [-0.4, -0.2) is 60.4 Å². The van der Waals surface area contributed by atoms with E-state index in [0.29, 0.717) is 17.7 Å². The summed E-state index contributed by atoms with van der Waals surface area (Å²) in [5, 5.41) is 3.11. The third kappa shape index (κ3) is 4.06. The van der Waals surface area contributed by atoms with Crippen LogP contribution in [0.25, 0.3) is 0 Å². The first-order chi connectivity index (χ1) is 11.2. The van der Waals surface area contributed by atoms with Crippen LogP contribution in [0.5, 0.6) is 0 Å². The number of piperazine rings is 1. The zero-order chi connectivity index (χ0) is 16.2. The molecule has 3 fully saturated rings. The van der Waals surface area contributed by atoms with Gasteiger partial charge >= 0.3 is 0 Å². The predicted molar refractivity (Wildman–Crippen MR) is 89.9 cm³/mol. The van der Waals surface area contributed by atoms with Gasteiger partial charge in [-0.3, -0.25) is 14.5 Å². The van der Waals surface area contributed by atoms with E-state index < -0.39 is 0 Å². The lowest BCUT2D eigenvalue weighted by atomic mass is 9.95. The molecule has 0 radical (unpaired) electrons. The summed E-state index contributed by atoms with van der Waals surface area (Å²) in [6, 6.07) is 0.0160. The number of amides is 2. The van der Waals surface area contributed by atoms with Crippen LogP contribution in [0.4, 0.5) is 0 Å². The van der Waals surface area contributed by atoms with Crippen molar-refractivity contribution < 1.29 is 9.59 Å². The lowest BCUT2D eigenvalue weighted by Crippen LogP contribution is -2.58. The van der Waals surface area contributed by atoms with Gasteiger partial charge in [0.25, 0.3) is 0 Å². The Balaban J connectivity index is 1.58. The van der Waals surface area contributed by atoms with Crippen LogP contribution in [0, 0.1) is 11.8 Å². The number of carbonyl (C=O) groups excluding carboxylic acids is 2. The van der Waals surface area contributed by atoms with E-state index in [-0.39, 0.29) is 11.9 Å². The number of nitrogens with one attached hydrogen (secondary N) is 1. The summed E-state index contributed by atoms with van der Waals surface area (Å²) in [6.45, 7) is 6.13. The summed E-state index contributed by atoms with van der Waals surface area (Å²) >= 11 is 0. The molecule has 1 saturated heterocycles. The minimum atomic E-state index is 0.0160. The highest BCUT2D eigenvalue weighted by Crippen LogP contribution is 2.33. The fourth-order valence-corrected chi connectivity index (χ4v) is 4.11. The van der Waals surface area contributed by atoms with Crippen molar-refractivity contribution in [3.63, 3.8) is 0 Å². The monoisotopic (exact) mass is 321 g/mol. The largest absolute Gasteiger partial charge is 0.355 e. The van der Waals surface area contributed by atoms with Crippen LogP contribution >= 0.6 is 0 Å². The molecule has 0 spiro atoms. The Bertz CT molecular complexity index is 422. The summed E-state index contributed by atoms with van der Waals surface area (Å²) in [4.78, 5) is 29.2. The minimum Gasteiger partial charge on any atom is -0.355 e. The molecule has 1 N–H and O–H groups in total. The molecule has 0 aromatic carbocycles. The molecule has 23 heavy (non-hydrogen) atoms. The van der Waals surface area contributed by atoms with Crippen LogP contribution in [0.15, 0.2) is 0 Å². The van der Waals surface area contributed by atoms with Crippen molar-refractivity contribution in [2.24, 2.45) is 11.8 Å². The van der Waals surface area contributed by atoms with Gasteiger partial charge in [0.2, 0.25) is 11.8 Å². The first-order valence-corrected chi connectivity index (χ1v) is 9.51. The van der Waals surface area contributed by atoms with Crippen molar-refractivity contribution in [3.05, 3.63) is 0 Å². The van der Waals surface area contributed by atoms with Crippen LogP contribution in [-0.2, 0) is 9.59 Å². The SMILES string of the molecule is CCCNC(=O)C(C1CCCC1)N1CCN(C(=O)C2CC2)CC1. The van der Waals surface area contributed by atoms with Crippen LogP contribution in [0.2, 0.25) is 0 Å². The van der Waals surface area contributed by atoms with Gasteiger partial charge in [0.1, 0.15) is 0 Å². The predicted octanol–water partition coefficient (Wildman–Crippen LogP) is 1.63.